The highest BCUT2D eigenvalue weighted by Crippen LogP contribution is 2.19. The van der Waals surface area contributed by atoms with Crippen molar-refractivity contribution in [2.75, 3.05) is 6.54 Å². The Hall–Kier alpha value is -0.860. The minimum absolute atomic E-state index is 0.430. The maximum Gasteiger partial charge on any atom is 0.0296 e. The fourth-order valence-electron chi connectivity index (χ4n) is 3.21. The van der Waals surface area contributed by atoms with Crippen LogP contribution in [0.4, 0.5) is 0 Å². The Kier molecular flexibility index (Phi) is 5.41. The number of hydrogen-bond donors (Lipinski definition) is 2. The smallest absolute Gasteiger partial charge is 0.0296 e. The van der Waals surface area contributed by atoms with E-state index >= 15 is 0 Å². The lowest BCUT2D eigenvalue weighted by atomic mass is 9.97. The van der Waals surface area contributed by atoms with Gasteiger partial charge in [-0.25, -0.2) is 0 Å². The molecule has 1 aromatic carbocycles. The predicted molar refractivity (Wildman–Crippen MR) is 82.5 cm³/mol. The number of rotatable bonds is 5. The van der Waals surface area contributed by atoms with E-state index in [1.165, 1.54) is 43.4 Å². The van der Waals surface area contributed by atoms with Crippen molar-refractivity contribution in [1.29, 1.82) is 0 Å². The van der Waals surface area contributed by atoms with Crippen LogP contribution in [0, 0.1) is 6.92 Å². The van der Waals surface area contributed by atoms with E-state index < -0.39 is 0 Å². The van der Waals surface area contributed by atoms with Crippen LogP contribution < -0.4 is 10.6 Å². The van der Waals surface area contributed by atoms with Gasteiger partial charge < -0.3 is 10.6 Å². The maximum atomic E-state index is 3.74. The minimum Gasteiger partial charge on any atom is -0.314 e. The second-order valence-corrected chi connectivity index (χ2v) is 6.03. The van der Waals surface area contributed by atoms with Crippen molar-refractivity contribution in [1.82, 2.24) is 10.6 Å². The molecule has 1 fully saturated rings. The number of hydrogen-bond acceptors (Lipinski definition) is 2. The second kappa shape index (κ2) is 7.06. The summed E-state index contributed by atoms with van der Waals surface area (Å²) >= 11 is 0. The summed E-state index contributed by atoms with van der Waals surface area (Å²) in [7, 11) is 0. The van der Waals surface area contributed by atoms with Crippen LogP contribution in [0.2, 0.25) is 0 Å². The summed E-state index contributed by atoms with van der Waals surface area (Å²) in [5.74, 6) is 0. The molecule has 3 atom stereocenters. The van der Waals surface area contributed by atoms with Gasteiger partial charge in [0.2, 0.25) is 0 Å². The van der Waals surface area contributed by atoms with E-state index in [1.54, 1.807) is 0 Å². The monoisotopic (exact) mass is 260 g/mol. The van der Waals surface area contributed by atoms with E-state index in [4.69, 9.17) is 0 Å². The first-order chi connectivity index (χ1) is 9.16. The standard InChI is InChI=1S/C17H28N2/c1-13-8-4-5-10-17(13)15(3)19-14(2)12-16-9-6-7-11-18-16/h4-5,8,10,14-16,18-19H,6-7,9,11-12H2,1-3H3/t14?,15-,16?/m0/s1. The average molecular weight is 260 g/mol. The van der Waals surface area contributed by atoms with Gasteiger partial charge in [-0.1, -0.05) is 30.7 Å². The minimum atomic E-state index is 0.430. The summed E-state index contributed by atoms with van der Waals surface area (Å²) in [6.45, 7) is 7.98. The largest absolute Gasteiger partial charge is 0.314 e. The van der Waals surface area contributed by atoms with Gasteiger partial charge in [0.15, 0.2) is 0 Å². The van der Waals surface area contributed by atoms with Crippen molar-refractivity contribution < 1.29 is 0 Å². The van der Waals surface area contributed by atoms with Crippen LogP contribution in [-0.2, 0) is 0 Å². The van der Waals surface area contributed by atoms with E-state index in [0.717, 1.165) is 0 Å². The third-order valence-electron chi connectivity index (χ3n) is 4.24. The quantitative estimate of drug-likeness (QED) is 0.846. The molecule has 19 heavy (non-hydrogen) atoms. The van der Waals surface area contributed by atoms with Gasteiger partial charge in [-0.3, -0.25) is 0 Å². The normalized spacial score (nSPS) is 23.0. The predicted octanol–water partition coefficient (Wildman–Crippen LogP) is 3.57. The fraction of sp³-hybridized carbons (Fsp3) is 0.647. The molecule has 1 aliphatic heterocycles. The van der Waals surface area contributed by atoms with Gasteiger partial charge >= 0.3 is 0 Å². The van der Waals surface area contributed by atoms with E-state index in [9.17, 15) is 0 Å². The molecule has 2 unspecified atom stereocenters. The SMILES string of the molecule is Cc1ccccc1[C@H](C)NC(C)CC1CCCCN1. The molecule has 0 aliphatic carbocycles. The molecule has 0 saturated carbocycles. The third kappa shape index (κ3) is 4.32. The Balaban J connectivity index is 1.84. The van der Waals surface area contributed by atoms with Gasteiger partial charge in [0.1, 0.15) is 0 Å². The third-order valence-corrected chi connectivity index (χ3v) is 4.24. The van der Waals surface area contributed by atoms with Gasteiger partial charge in [0.05, 0.1) is 0 Å². The first kappa shape index (κ1) is 14.5. The van der Waals surface area contributed by atoms with Crippen LogP contribution in [0.3, 0.4) is 0 Å². The van der Waals surface area contributed by atoms with Crippen molar-refractivity contribution >= 4 is 0 Å². The van der Waals surface area contributed by atoms with Crippen molar-refractivity contribution in [3.8, 4) is 0 Å². The molecular weight excluding hydrogens is 232 g/mol. The molecular formula is C17H28N2. The van der Waals surface area contributed by atoms with Crippen molar-refractivity contribution in [3.05, 3.63) is 35.4 Å². The zero-order chi connectivity index (χ0) is 13.7. The summed E-state index contributed by atoms with van der Waals surface area (Å²) in [4.78, 5) is 0. The second-order valence-electron chi connectivity index (χ2n) is 6.03. The lowest BCUT2D eigenvalue weighted by Crippen LogP contribution is -2.40. The van der Waals surface area contributed by atoms with Crippen molar-refractivity contribution in [2.45, 2.75) is 64.6 Å². The highest BCUT2D eigenvalue weighted by molar-refractivity contribution is 5.28. The molecule has 0 aromatic heterocycles. The molecule has 0 spiro atoms. The molecule has 2 rings (SSSR count). The summed E-state index contributed by atoms with van der Waals surface area (Å²) in [6.07, 6.45) is 5.30. The molecule has 106 valence electrons. The van der Waals surface area contributed by atoms with Crippen LogP contribution >= 0.6 is 0 Å². The Morgan fingerprint density at radius 2 is 2.05 bits per heavy atom. The summed E-state index contributed by atoms with van der Waals surface area (Å²) in [6, 6.07) is 10.4. The Morgan fingerprint density at radius 1 is 1.26 bits per heavy atom. The van der Waals surface area contributed by atoms with Gasteiger partial charge in [-0.15, -0.1) is 0 Å². The average Bonchev–Trinajstić information content (AvgIpc) is 2.40. The zero-order valence-corrected chi connectivity index (χ0v) is 12.6. The highest BCUT2D eigenvalue weighted by atomic mass is 15.0. The first-order valence-electron chi connectivity index (χ1n) is 7.72. The Morgan fingerprint density at radius 3 is 2.74 bits per heavy atom. The molecule has 2 N–H and O–H groups in total. The van der Waals surface area contributed by atoms with Crippen LogP contribution in [0.25, 0.3) is 0 Å². The van der Waals surface area contributed by atoms with Gasteiger partial charge in [-0.05, 0) is 57.7 Å². The fourth-order valence-corrected chi connectivity index (χ4v) is 3.21. The number of piperidine rings is 1. The zero-order valence-electron chi connectivity index (χ0n) is 12.6. The number of nitrogens with one attached hydrogen (secondary N) is 2. The van der Waals surface area contributed by atoms with Gasteiger partial charge in [0, 0.05) is 18.1 Å². The van der Waals surface area contributed by atoms with Crippen LogP contribution in [0.5, 0.6) is 0 Å². The van der Waals surface area contributed by atoms with E-state index in [0.29, 0.717) is 18.1 Å². The molecule has 1 aromatic rings. The van der Waals surface area contributed by atoms with E-state index in [1.807, 2.05) is 0 Å². The molecule has 0 bridgehead atoms. The van der Waals surface area contributed by atoms with Crippen LogP contribution in [0.1, 0.15) is 56.7 Å². The number of benzene rings is 1. The van der Waals surface area contributed by atoms with E-state index in [-0.39, 0.29) is 0 Å². The lowest BCUT2D eigenvalue weighted by molar-refractivity contribution is 0.334. The summed E-state index contributed by atoms with van der Waals surface area (Å²) < 4.78 is 0. The van der Waals surface area contributed by atoms with E-state index in [2.05, 4.69) is 55.7 Å². The Bertz CT molecular complexity index is 383. The summed E-state index contributed by atoms with van der Waals surface area (Å²) in [5, 5.41) is 7.38. The molecule has 0 radical (unpaired) electrons. The number of aryl methyl sites for hydroxylation is 1. The molecule has 1 saturated heterocycles. The molecule has 2 heteroatoms. The lowest BCUT2D eigenvalue weighted by Gasteiger charge is -2.28. The van der Waals surface area contributed by atoms with Crippen molar-refractivity contribution in [2.24, 2.45) is 0 Å². The van der Waals surface area contributed by atoms with Crippen LogP contribution in [0.15, 0.2) is 24.3 Å². The Labute approximate surface area is 118 Å². The maximum absolute atomic E-state index is 3.74. The summed E-state index contributed by atoms with van der Waals surface area (Å²) in [5.41, 5.74) is 2.80. The van der Waals surface area contributed by atoms with Crippen LogP contribution in [-0.4, -0.2) is 18.6 Å². The first-order valence-corrected chi connectivity index (χ1v) is 7.72. The molecule has 0 amide bonds. The van der Waals surface area contributed by atoms with Gasteiger partial charge in [0.25, 0.3) is 0 Å². The highest BCUT2D eigenvalue weighted by Gasteiger charge is 2.17. The van der Waals surface area contributed by atoms with Crippen molar-refractivity contribution in [3.63, 3.8) is 0 Å². The van der Waals surface area contributed by atoms with Gasteiger partial charge in [-0.2, -0.15) is 0 Å². The molecule has 1 aliphatic rings. The molecule has 2 nitrogen and oxygen atoms in total. The topological polar surface area (TPSA) is 24.1 Å². The molecule has 1 heterocycles.